The van der Waals surface area contributed by atoms with Crippen LogP contribution >= 0.6 is 0 Å². The number of ether oxygens (including phenoxy) is 5. The Kier molecular flexibility index (Phi) is 6.15. The highest BCUT2D eigenvalue weighted by atomic mass is 16.5. The lowest BCUT2D eigenvalue weighted by Gasteiger charge is -2.13. The van der Waals surface area contributed by atoms with Gasteiger partial charge in [-0.25, -0.2) is 0 Å². The lowest BCUT2D eigenvalue weighted by molar-refractivity contribution is -0.137. The highest BCUT2D eigenvalue weighted by Crippen LogP contribution is 2.42. The van der Waals surface area contributed by atoms with Gasteiger partial charge in [-0.2, -0.15) is 0 Å². The van der Waals surface area contributed by atoms with Gasteiger partial charge in [-0.1, -0.05) is 0 Å². The molecule has 1 aliphatic heterocycles. The molecule has 0 radical (unpaired) electrons. The van der Waals surface area contributed by atoms with E-state index in [2.05, 4.69) is 0 Å². The molecule has 31 heavy (non-hydrogen) atoms. The first-order valence-electron chi connectivity index (χ1n) is 9.09. The van der Waals surface area contributed by atoms with E-state index in [0.717, 1.165) is 0 Å². The Hall–Kier alpha value is -4.01. The molecule has 0 aromatic heterocycles. The van der Waals surface area contributed by atoms with Gasteiger partial charge in [-0.15, -0.1) is 0 Å². The van der Waals surface area contributed by atoms with Gasteiger partial charge < -0.3 is 28.8 Å². The molecule has 1 N–H and O–H groups in total. The molecule has 2 aromatic rings. The van der Waals surface area contributed by atoms with E-state index >= 15 is 0 Å². The molecule has 0 aliphatic carbocycles. The Balaban J connectivity index is 2.07. The second-order valence-electron chi connectivity index (χ2n) is 6.48. The van der Waals surface area contributed by atoms with Gasteiger partial charge in [0.25, 0.3) is 0 Å². The van der Waals surface area contributed by atoms with Crippen molar-refractivity contribution in [3.63, 3.8) is 0 Å². The van der Waals surface area contributed by atoms with Crippen molar-refractivity contribution in [1.29, 1.82) is 0 Å². The fourth-order valence-electron chi connectivity index (χ4n) is 3.19. The number of carboxylic acids is 1. The predicted molar refractivity (Wildman–Crippen MR) is 108 cm³/mol. The van der Waals surface area contributed by atoms with Crippen LogP contribution in [-0.4, -0.2) is 44.2 Å². The molecule has 0 bridgehead atoms. The van der Waals surface area contributed by atoms with Crippen molar-refractivity contribution in [2.24, 2.45) is 0 Å². The van der Waals surface area contributed by atoms with Crippen molar-refractivity contribution >= 4 is 23.8 Å². The zero-order valence-electron chi connectivity index (χ0n) is 17.3. The van der Waals surface area contributed by atoms with Crippen LogP contribution in [0.25, 0.3) is 6.08 Å². The summed E-state index contributed by atoms with van der Waals surface area (Å²) in [5.74, 6) is -1.02. The minimum atomic E-state index is -1.17. The molecular formula is C22H20O9. The maximum Gasteiger partial charge on any atom is 0.308 e. The SMILES string of the molecule is COc1cc(C=C2Oc3c(ccc(OC(C)=O)c3CC(=O)O)C2=O)cc(OC)c1OC. The number of hydrogen-bond acceptors (Lipinski definition) is 8. The smallest absolute Gasteiger partial charge is 0.308 e. The number of hydrogen-bond donors (Lipinski definition) is 1. The minimum absolute atomic E-state index is 0.0236. The highest BCUT2D eigenvalue weighted by Gasteiger charge is 2.32. The minimum Gasteiger partial charge on any atom is -0.493 e. The Bertz CT molecular complexity index is 1070. The van der Waals surface area contributed by atoms with Crippen molar-refractivity contribution in [2.75, 3.05) is 21.3 Å². The van der Waals surface area contributed by atoms with E-state index in [1.165, 1.54) is 46.5 Å². The molecular weight excluding hydrogens is 408 g/mol. The van der Waals surface area contributed by atoms with E-state index in [1.807, 2.05) is 0 Å². The quantitative estimate of drug-likeness (QED) is 0.403. The summed E-state index contributed by atoms with van der Waals surface area (Å²) < 4.78 is 26.7. The Morgan fingerprint density at radius 3 is 2.19 bits per heavy atom. The lowest BCUT2D eigenvalue weighted by atomic mass is 10.0. The van der Waals surface area contributed by atoms with E-state index in [-0.39, 0.29) is 28.4 Å². The van der Waals surface area contributed by atoms with E-state index in [1.54, 1.807) is 12.1 Å². The van der Waals surface area contributed by atoms with E-state index < -0.39 is 24.1 Å². The second-order valence-corrected chi connectivity index (χ2v) is 6.48. The largest absolute Gasteiger partial charge is 0.493 e. The van der Waals surface area contributed by atoms with Crippen molar-refractivity contribution in [3.05, 3.63) is 46.7 Å². The summed E-state index contributed by atoms with van der Waals surface area (Å²) in [6.45, 7) is 1.19. The molecule has 9 heteroatoms. The van der Waals surface area contributed by atoms with Crippen LogP contribution in [0.4, 0.5) is 0 Å². The third-order valence-electron chi connectivity index (χ3n) is 4.46. The Morgan fingerprint density at radius 1 is 1.03 bits per heavy atom. The first-order valence-corrected chi connectivity index (χ1v) is 9.09. The summed E-state index contributed by atoms with van der Waals surface area (Å²) in [4.78, 5) is 35.6. The Morgan fingerprint density at radius 2 is 1.68 bits per heavy atom. The summed E-state index contributed by atoms with van der Waals surface area (Å²) in [6, 6.07) is 6.08. The van der Waals surface area contributed by atoms with Crippen molar-refractivity contribution in [2.45, 2.75) is 13.3 Å². The van der Waals surface area contributed by atoms with Gasteiger partial charge in [0.15, 0.2) is 17.3 Å². The molecule has 0 unspecified atom stereocenters. The molecule has 9 nitrogen and oxygen atoms in total. The standard InChI is InChI=1S/C22H20O9/c1-11(23)30-15-6-5-13-20(26)16(31-21(13)14(15)10-19(24)25)7-12-8-17(27-2)22(29-4)18(9-12)28-3/h5-9H,10H2,1-4H3,(H,24,25). The second kappa shape index (κ2) is 8.78. The van der Waals surface area contributed by atoms with E-state index in [4.69, 9.17) is 23.7 Å². The average Bonchev–Trinajstić information content (AvgIpc) is 3.04. The summed E-state index contributed by atoms with van der Waals surface area (Å²) in [5.41, 5.74) is 0.804. The van der Waals surface area contributed by atoms with Crippen LogP contribution in [0.15, 0.2) is 30.0 Å². The van der Waals surface area contributed by atoms with Crippen LogP contribution in [0.5, 0.6) is 28.7 Å². The third kappa shape index (κ3) is 4.30. The predicted octanol–water partition coefficient (Wildman–Crippen LogP) is 2.88. The van der Waals surface area contributed by atoms with Crippen LogP contribution in [0.2, 0.25) is 0 Å². The molecule has 0 saturated heterocycles. The van der Waals surface area contributed by atoms with Crippen LogP contribution < -0.4 is 23.7 Å². The molecule has 0 atom stereocenters. The van der Waals surface area contributed by atoms with Crippen LogP contribution in [-0.2, 0) is 16.0 Å². The number of esters is 1. The number of benzene rings is 2. The fourth-order valence-corrected chi connectivity index (χ4v) is 3.19. The summed E-state index contributed by atoms with van der Waals surface area (Å²) in [6.07, 6.45) is 0.986. The van der Waals surface area contributed by atoms with Crippen molar-refractivity contribution < 1.29 is 43.2 Å². The number of aliphatic carboxylic acids is 1. The van der Waals surface area contributed by atoms with Crippen molar-refractivity contribution in [3.8, 4) is 28.7 Å². The number of Topliss-reactive ketones (excluding diaryl/α,β-unsaturated/α-hetero) is 1. The number of carbonyl (C=O) groups is 3. The topological polar surface area (TPSA) is 118 Å². The normalized spacial score (nSPS) is 13.4. The van der Waals surface area contributed by atoms with Crippen LogP contribution in [0.3, 0.4) is 0 Å². The zero-order chi connectivity index (χ0) is 22.7. The zero-order valence-corrected chi connectivity index (χ0v) is 17.3. The van der Waals surface area contributed by atoms with Gasteiger partial charge in [0.1, 0.15) is 11.5 Å². The van der Waals surface area contributed by atoms with Gasteiger partial charge in [-0.3, -0.25) is 14.4 Å². The number of fused-ring (bicyclic) bond motifs is 1. The van der Waals surface area contributed by atoms with Gasteiger partial charge in [0.2, 0.25) is 11.5 Å². The first-order chi connectivity index (χ1) is 14.8. The molecule has 2 aromatic carbocycles. The molecule has 162 valence electrons. The maximum atomic E-state index is 12.9. The summed E-state index contributed by atoms with van der Waals surface area (Å²) in [7, 11) is 4.41. The molecule has 0 saturated carbocycles. The Labute approximate surface area is 177 Å². The summed E-state index contributed by atoms with van der Waals surface area (Å²) in [5, 5.41) is 9.25. The van der Waals surface area contributed by atoms with Gasteiger partial charge in [-0.05, 0) is 35.9 Å². The number of methoxy groups -OCH3 is 3. The van der Waals surface area contributed by atoms with Gasteiger partial charge >= 0.3 is 11.9 Å². The average molecular weight is 428 g/mol. The number of allylic oxidation sites excluding steroid dienone is 1. The molecule has 1 heterocycles. The summed E-state index contributed by atoms with van der Waals surface area (Å²) >= 11 is 0. The van der Waals surface area contributed by atoms with Crippen LogP contribution in [0, 0.1) is 0 Å². The van der Waals surface area contributed by atoms with E-state index in [0.29, 0.717) is 22.8 Å². The number of rotatable bonds is 7. The number of carboxylic acid groups (broad SMARTS) is 1. The van der Waals surface area contributed by atoms with Crippen molar-refractivity contribution in [1.82, 2.24) is 0 Å². The van der Waals surface area contributed by atoms with Gasteiger partial charge in [0.05, 0.1) is 33.3 Å². The fraction of sp³-hybridized carbons (Fsp3) is 0.227. The molecule has 3 rings (SSSR count). The highest BCUT2D eigenvalue weighted by molar-refractivity contribution is 6.15. The lowest BCUT2D eigenvalue weighted by Crippen LogP contribution is -2.08. The first kappa shape index (κ1) is 21.7. The monoisotopic (exact) mass is 428 g/mol. The molecule has 0 spiro atoms. The molecule has 0 fully saturated rings. The third-order valence-corrected chi connectivity index (χ3v) is 4.46. The molecule has 0 amide bonds. The van der Waals surface area contributed by atoms with Crippen LogP contribution in [0.1, 0.15) is 28.4 Å². The number of ketones is 1. The maximum absolute atomic E-state index is 12.9. The molecule has 1 aliphatic rings. The number of carbonyl (C=O) groups excluding carboxylic acids is 2. The van der Waals surface area contributed by atoms with E-state index in [9.17, 15) is 19.5 Å². The van der Waals surface area contributed by atoms with Gasteiger partial charge in [0, 0.05) is 12.5 Å².